The lowest BCUT2D eigenvalue weighted by molar-refractivity contribution is 0.0314. The monoisotopic (exact) mass is 482 g/mol. The lowest BCUT2D eigenvalue weighted by atomic mass is 9.98. The van der Waals surface area contributed by atoms with Crippen molar-refractivity contribution in [3.8, 4) is 0 Å². The Balaban J connectivity index is 1.60. The minimum atomic E-state index is -0.460. The van der Waals surface area contributed by atoms with Crippen molar-refractivity contribution in [2.75, 3.05) is 39.4 Å². The highest BCUT2D eigenvalue weighted by Crippen LogP contribution is 2.38. The average molecular weight is 483 g/mol. The first-order chi connectivity index (χ1) is 15.0. The van der Waals surface area contributed by atoms with Gasteiger partial charge in [-0.15, -0.1) is 0 Å². The van der Waals surface area contributed by atoms with Crippen LogP contribution in [-0.4, -0.2) is 55.1 Å². The number of nitrogens with zero attached hydrogens (tertiary/aromatic N) is 2. The lowest BCUT2D eigenvalue weighted by Gasteiger charge is -2.31. The van der Waals surface area contributed by atoms with Crippen LogP contribution in [0.25, 0.3) is 11.0 Å². The third-order valence-electron chi connectivity index (χ3n) is 6.07. The second-order valence-electron chi connectivity index (χ2n) is 8.08. The maximum Gasteiger partial charge on any atom is 0.290 e. The van der Waals surface area contributed by atoms with E-state index in [0.29, 0.717) is 36.3 Å². The molecule has 2 aliphatic heterocycles. The second-order valence-corrected chi connectivity index (χ2v) is 9.00. The number of hydrogen-bond acceptors (Lipinski definition) is 5. The normalized spacial score (nSPS) is 19.2. The second kappa shape index (κ2) is 8.22. The summed E-state index contributed by atoms with van der Waals surface area (Å²) >= 11 is 3.47. The van der Waals surface area contributed by atoms with Gasteiger partial charge < -0.3 is 14.1 Å². The predicted molar refractivity (Wildman–Crippen MR) is 122 cm³/mol. The number of carbonyl (C=O) groups excluding carboxylic acids is 1. The maximum absolute atomic E-state index is 13.5. The number of hydrogen-bond donors (Lipinski definition) is 0. The summed E-state index contributed by atoms with van der Waals surface area (Å²) in [5.41, 5.74) is 2.64. The van der Waals surface area contributed by atoms with Gasteiger partial charge in [-0.05, 0) is 36.8 Å². The van der Waals surface area contributed by atoms with Crippen LogP contribution in [0.3, 0.4) is 0 Å². The van der Waals surface area contributed by atoms with Crippen molar-refractivity contribution in [2.24, 2.45) is 0 Å². The Kier molecular flexibility index (Phi) is 5.42. The number of fused-ring (bicyclic) bond motifs is 2. The van der Waals surface area contributed by atoms with Crippen LogP contribution in [0.5, 0.6) is 0 Å². The molecule has 0 aliphatic carbocycles. The molecule has 3 aromatic rings. The van der Waals surface area contributed by atoms with Crippen molar-refractivity contribution in [3.05, 3.63) is 79.6 Å². The van der Waals surface area contributed by atoms with Crippen LogP contribution < -0.4 is 5.43 Å². The molecule has 1 fully saturated rings. The van der Waals surface area contributed by atoms with Crippen molar-refractivity contribution < 1.29 is 13.9 Å². The number of morpholine rings is 1. The molecule has 5 rings (SSSR count). The minimum absolute atomic E-state index is 0.130. The highest BCUT2D eigenvalue weighted by Gasteiger charge is 2.42. The van der Waals surface area contributed by atoms with Gasteiger partial charge in [-0.25, -0.2) is 0 Å². The van der Waals surface area contributed by atoms with Gasteiger partial charge in [-0.2, -0.15) is 0 Å². The summed E-state index contributed by atoms with van der Waals surface area (Å²) in [6.45, 7) is 6.28. The molecule has 0 bridgehead atoms. The Bertz CT molecular complexity index is 1200. The van der Waals surface area contributed by atoms with Gasteiger partial charge in [-0.3, -0.25) is 14.5 Å². The molecule has 2 aromatic carbocycles. The summed E-state index contributed by atoms with van der Waals surface area (Å²) in [4.78, 5) is 31.0. The van der Waals surface area contributed by atoms with Crippen LogP contribution in [0.15, 0.2) is 56.1 Å². The van der Waals surface area contributed by atoms with Crippen molar-refractivity contribution in [2.45, 2.75) is 13.0 Å². The third kappa shape index (κ3) is 3.71. The number of aryl methyl sites for hydroxylation is 1. The van der Waals surface area contributed by atoms with E-state index in [0.717, 1.165) is 35.2 Å². The average Bonchev–Trinajstić information content (AvgIpc) is 3.06. The smallest absolute Gasteiger partial charge is 0.290 e. The summed E-state index contributed by atoms with van der Waals surface area (Å²) in [6.07, 6.45) is 0. The van der Waals surface area contributed by atoms with E-state index >= 15 is 0 Å². The van der Waals surface area contributed by atoms with E-state index in [1.54, 1.807) is 11.0 Å². The number of amides is 1. The highest BCUT2D eigenvalue weighted by atomic mass is 79.9. The zero-order chi connectivity index (χ0) is 21.5. The Morgan fingerprint density at radius 3 is 2.52 bits per heavy atom. The molecule has 1 saturated heterocycles. The summed E-state index contributed by atoms with van der Waals surface area (Å²) < 4.78 is 12.4. The van der Waals surface area contributed by atoms with Gasteiger partial charge in [0.2, 0.25) is 5.76 Å². The summed E-state index contributed by atoms with van der Waals surface area (Å²) in [5, 5.41) is 0.517. The molecule has 160 valence electrons. The van der Waals surface area contributed by atoms with Crippen LogP contribution in [-0.2, 0) is 4.74 Å². The van der Waals surface area contributed by atoms with E-state index in [1.165, 1.54) is 0 Å². The summed E-state index contributed by atoms with van der Waals surface area (Å²) in [6, 6.07) is 12.8. The molecule has 1 atom stereocenters. The minimum Gasteiger partial charge on any atom is -0.450 e. The van der Waals surface area contributed by atoms with Gasteiger partial charge >= 0.3 is 0 Å². The van der Waals surface area contributed by atoms with E-state index in [2.05, 4.69) is 20.8 Å². The van der Waals surface area contributed by atoms with Gasteiger partial charge in [0, 0.05) is 30.7 Å². The molecular weight excluding hydrogens is 460 g/mol. The van der Waals surface area contributed by atoms with E-state index in [9.17, 15) is 9.59 Å². The fraction of sp³-hybridized carbons (Fsp3) is 0.333. The molecule has 0 spiro atoms. The Morgan fingerprint density at radius 2 is 1.77 bits per heavy atom. The maximum atomic E-state index is 13.5. The molecule has 0 radical (unpaired) electrons. The molecule has 0 saturated carbocycles. The quantitative estimate of drug-likeness (QED) is 0.566. The standard InChI is InChI=1S/C24H23BrN2O4/c1-15-2-7-19-18(14-15)22(28)20-21(16-3-5-17(25)6-4-16)27(24(29)23(20)31-19)9-8-26-10-12-30-13-11-26/h2-7,14,21H,8-13H2,1H3. The van der Waals surface area contributed by atoms with Gasteiger partial charge in [0.25, 0.3) is 5.91 Å². The zero-order valence-electron chi connectivity index (χ0n) is 17.3. The SMILES string of the molecule is Cc1ccc2oc3c(c(=O)c2c1)C(c1ccc(Br)cc1)N(CCN1CCOCC1)C3=O. The lowest BCUT2D eigenvalue weighted by Crippen LogP contribution is -2.42. The topological polar surface area (TPSA) is 63.0 Å². The van der Waals surface area contributed by atoms with E-state index < -0.39 is 6.04 Å². The van der Waals surface area contributed by atoms with Gasteiger partial charge in [0.05, 0.1) is 30.2 Å². The van der Waals surface area contributed by atoms with Crippen molar-refractivity contribution in [1.82, 2.24) is 9.80 Å². The van der Waals surface area contributed by atoms with Crippen molar-refractivity contribution in [1.29, 1.82) is 0 Å². The zero-order valence-corrected chi connectivity index (χ0v) is 18.9. The predicted octanol–water partition coefficient (Wildman–Crippen LogP) is 3.74. The molecule has 2 aliphatic rings. The Morgan fingerprint density at radius 1 is 1.03 bits per heavy atom. The Labute approximate surface area is 188 Å². The molecule has 1 aromatic heterocycles. The van der Waals surface area contributed by atoms with Crippen LogP contribution in [0, 0.1) is 6.92 Å². The number of ether oxygens (including phenoxy) is 1. The van der Waals surface area contributed by atoms with Gasteiger partial charge in [0.1, 0.15) is 5.58 Å². The summed E-state index contributed by atoms with van der Waals surface area (Å²) in [7, 11) is 0. The fourth-order valence-corrected chi connectivity index (χ4v) is 4.69. The first kappa shape index (κ1) is 20.4. The highest BCUT2D eigenvalue weighted by molar-refractivity contribution is 9.10. The molecule has 7 heteroatoms. The first-order valence-electron chi connectivity index (χ1n) is 10.5. The third-order valence-corrected chi connectivity index (χ3v) is 6.60. The number of rotatable bonds is 4. The molecule has 3 heterocycles. The van der Waals surface area contributed by atoms with E-state index in [1.807, 2.05) is 43.3 Å². The van der Waals surface area contributed by atoms with E-state index in [-0.39, 0.29) is 17.1 Å². The first-order valence-corrected chi connectivity index (χ1v) is 11.3. The molecular formula is C24H23BrN2O4. The largest absolute Gasteiger partial charge is 0.450 e. The van der Waals surface area contributed by atoms with Crippen LogP contribution in [0.2, 0.25) is 0 Å². The van der Waals surface area contributed by atoms with Gasteiger partial charge in [0.15, 0.2) is 5.43 Å². The molecule has 0 N–H and O–H groups in total. The number of halogens is 1. The fourth-order valence-electron chi connectivity index (χ4n) is 4.43. The van der Waals surface area contributed by atoms with Crippen molar-refractivity contribution >= 4 is 32.8 Å². The van der Waals surface area contributed by atoms with Gasteiger partial charge in [-0.1, -0.05) is 39.7 Å². The number of carbonyl (C=O) groups is 1. The number of benzene rings is 2. The summed E-state index contributed by atoms with van der Waals surface area (Å²) in [5.74, 6) is -0.0630. The Hall–Kier alpha value is -2.48. The van der Waals surface area contributed by atoms with Crippen LogP contribution in [0.4, 0.5) is 0 Å². The van der Waals surface area contributed by atoms with Crippen LogP contribution >= 0.6 is 15.9 Å². The molecule has 31 heavy (non-hydrogen) atoms. The van der Waals surface area contributed by atoms with E-state index in [4.69, 9.17) is 9.15 Å². The molecule has 1 unspecified atom stereocenters. The van der Waals surface area contributed by atoms with Crippen molar-refractivity contribution in [3.63, 3.8) is 0 Å². The molecule has 6 nitrogen and oxygen atoms in total. The molecule has 1 amide bonds. The van der Waals surface area contributed by atoms with Crippen LogP contribution in [0.1, 0.15) is 33.3 Å².